The van der Waals surface area contributed by atoms with Gasteiger partial charge >= 0.3 is 0 Å². The molecule has 1 aliphatic heterocycles. The maximum absolute atomic E-state index is 4.73. The molecule has 0 spiro atoms. The summed E-state index contributed by atoms with van der Waals surface area (Å²) in [6.45, 7) is 5.15. The Balaban J connectivity index is 1.35. The van der Waals surface area contributed by atoms with Crippen LogP contribution in [0.3, 0.4) is 0 Å². The fraction of sp³-hybridized carbons (Fsp3) is 0.400. The second-order valence-corrected chi connectivity index (χ2v) is 6.84. The van der Waals surface area contributed by atoms with Crippen molar-refractivity contribution in [3.63, 3.8) is 0 Å². The third-order valence-corrected chi connectivity index (χ3v) is 5.17. The number of imidazole rings is 1. The Kier molecular flexibility index (Phi) is 4.91. The maximum atomic E-state index is 4.73. The highest BCUT2D eigenvalue weighted by Crippen LogP contribution is 2.25. The fourth-order valence-electron chi connectivity index (χ4n) is 3.54. The van der Waals surface area contributed by atoms with E-state index in [0.717, 1.165) is 48.7 Å². The lowest BCUT2D eigenvalue weighted by atomic mass is 9.93. The normalized spacial score (nSPS) is 15.3. The van der Waals surface area contributed by atoms with Crippen LogP contribution in [-0.2, 0) is 6.54 Å². The van der Waals surface area contributed by atoms with Crippen LogP contribution in [0.25, 0.3) is 11.4 Å². The van der Waals surface area contributed by atoms with Crippen LogP contribution in [0.5, 0.6) is 0 Å². The van der Waals surface area contributed by atoms with Crippen molar-refractivity contribution >= 4 is 5.95 Å². The Labute approximate surface area is 154 Å². The molecule has 0 N–H and O–H groups in total. The molecule has 0 radical (unpaired) electrons. The van der Waals surface area contributed by atoms with Crippen molar-refractivity contribution in [2.45, 2.75) is 32.7 Å². The lowest BCUT2D eigenvalue weighted by Crippen LogP contribution is -2.35. The van der Waals surface area contributed by atoms with Crippen molar-refractivity contribution in [2.24, 2.45) is 5.92 Å². The molecule has 6 heteroatoms. The zero-order valence-corrected chi connectivity index (χ0v) is 15.1. The second-order valence-electron chi connectivity index (χ2n) is 6.84. The summed E-state index contributed by atoms with van der Waals surface area (Å²) in [5, 5.41) is 0. The van der Waals surface area contributed by atoms with Gasteiger partial charge in [0.15, 0.2) is 0 Å². The third-order valence-electron chi connectivity index (χ3n) is 5.17. The Morgan fingerprint density at radius 3 is 2.58 bits per heavy atom. The highest BCUT2D eigenvalue weighted by atomic mass is 15.3. The van der Waals surface area contributed by atoms with Gasteiger partial charge in [-0.15, -0.1) is 0 Å². The van der Waals surface area contributed by atoms with E-state index >= 15 is 0 Å². The molecule has 0 atom stereocenters. The summed E-state index contributed by atoms with van der Waals surface area (Å²) in [6, 6.07) is 7.81. The highest BCUT2D eigenvalue weighted by Gasteiger charge is 2.21. The van der Waals surface area contributed by atoms with Crippen molar-refractivity contribution in [3.8, 4) is 11.4 Å². The van der Waals surface area contributed by atoms with Gasteiger partial charge < -0.3 is 9.47 Å². The van der Waals surface area contributed by atoms with Gasteiger partial charge in [0.25, 0.3) is 0 Å². The molecule has 4 rings (SSSR count). The minimum absolute atomic E-state index is 0.757. The quantitative estimate of drug-likeness (QED) is 0.708. The Bertz CT molecular complexity index is 836. The minimum atomic E-state index is 0.757. The molecule has 1 saturated heterocycles. The zero-order chi connectivity index (χ0) is 17.8. The topological polar surface area (TPSA) is 59.7 Å². The van der Waals surface area contributed by atoms with Gasteiger partial charge in [0.2, 0.25) is 5.95 Å². The van der Waals surface area contributed by atoms with Crippen molar-refractivity contribution < 1.29 is 0 Å². The summed E-state index contributed by atoms with van der Waals surface area (Å²) in [6.07, 6.45) is 11.2. The molecule has 0 saturated carbocycles. The van der Waals surface area contributed by atoms with E-state index in [1.807, 2.05) is 36.7 Å². The van der Waals surface area contributed by atoms with E-state index in [4.69, 9.17) is 4.98 Å². The van der Waals surface area contributed by atoms with Crippen LogP contribution in [-0.4, -0.2) is 37.6 Å². The van der Waals surface area contributed by atoms with Gasteiger partial charge in [0.1, 0.15) is 5.82 Å². The summed E-state index contributed by atoms with van der Waals surface area (Å²) < 4.78 is 2.24. The second kappa shape index (κ2) is 7.64. The molecular formula is C20H24N6. The van der Waals surface area contributed by atoms with E-state index in [9.17, 15) is 0 Å². The van der Waals surface area contributed by atoms with Crippen LogP contribution in [0.4, 0.5) is 5.95 Å². The highest BCUT2D eigenvalue weighted by molar-refractivity contribution is 5.55. The molecule has 0 aliphatic carbocycles. The fourth-order valence-corrected chi connectivity index (χ4v) is 3.54. The standard InChI is InChI=1S/C20H24N6/c1-16-21-11-15-25(16)12-6-17-7-13-26(14-8-17)20-23-10-5-19(24-20)18-4-2-3-9-22-18/h2-5,9-11,15,17H,6-8,12-14H2,1H3. The van der Waals surface area contributed by atoms with Gasteiger partial charge in [-0.2, -0.15) is 0 Å². The zero-order valence-electron chi connectivity index (χ0n) is 15.1. The monoisotopic (exact) mass is 348 g/mol. The summed E-state index contributed by atoms with van der Waals surface area (Å²) >= 11 is 0. The summed E-state index contributed by atoms with van der Waals surface area (Å²) in [5.74, 6) is 2.67. The molecule has 4 heterocycles. The summed E-state index contributed by atoms with van der Waals surface area (Å²) in [7, 11) is 0. The molecule has 0 bridgehead atoms. The predicted molar refractivity (Wildman–Crippen MR) is 102 cm³/mol. The van der Waals surface area contributed by atoms with E-state index in [0.29, 0.717) is 0 Å². The van der Waals surface area contributed by atoms with Crippen molar-refractivity contribution in [3.05, 3.63) is 54.9 Å². The molecule has 0 unspecified atom stereocenters. The van der Waals surface area contributed by atoms with Crippen molar-refractivity contribution in [2.75, 3.05) is 18.0 Å². The third kappa shape index (κ3) is 3.74. The predicted octanol–water partition coefficient (Wildman–Crippen LogP) is 3.35. The SMILES string of the molecule is Cc1nccn1CCC1CCN(c2nccc(-c3ccccn3)n2)CC1. The van der Waals surface area contributed by atoms with E-state index in [2.05, 4.69) is 37.5 Å². The largest absolute Gasteiger partial charge is 0.341 e. The van der Waals surface area contributed by atoms with E-state index in [-0.39, 0.29) is 0 Å². The first-order valence-electron chi connectivity index (χ1n) is 9.27. The molecule has 0 amide bonds. The number of aromatic nitrogens is 5. The molecule has 1 aliphatic rings. The van der Waals surface area contributed by atoms with Crippen molar-refractivity contribution in [1.29, 1.82) is 0 Å². The van der Waals surface area contributed by atoms with Gasteiger partial charge in [-0.25, -0.2) is 15.0 Å². The molecule has 26 heavy (non-hydrogen) atoms. The lowest BCUT2D eigenvalue weighted by Gasteiger charge is -2.32. The van der Waals surface area contributed by atoms with Gasteiger partial charge in [0.05, 0.1) is 11.4 Å². The Morgan fingerprint density at radius 2 is 1.85 bits per heavy atom. The number of hydrogen-bond donors (Lipinski definition) is 0. The van der Waals surface area contributed by atoms with E-state index in [1.165, 1.54) is 19.3 Å². The van der Waals surface area contributed by atoms with Crippen LogP contribution in [0.15, 0.2) is 49.1 Å². The van der Waals surface area contributed by atoms with Crippen LogP contribution in [0.1, 0.15) is 25.1 Å². The van der Waals surface area contributed by atoms with Gasteiger partial charge in [-0.05, 0) is 50.3 Å². The molecular weight excluding hydrogens is 324 g/mol. The van der Waals surface area contributed by atoms with E-state index < -0.39 is 0 Å². The van der Waals surface area contributed by atoms with Gasteiger partial charge in [-0.3, -0.25) is 4.98 Å². The van der Waals surface area contributed by atoms with Crippen LogP contribution in [0.2, 0.25) is 0 Å². The number of piperidine rings is 1. The first-order chi connectivity index (χ1) is 12.8. The number of rotatable bonds is 5. The summed E-state index contributed by atoms with van der Waals surface area (Å²) in [4.78, 5) is 20.2. The van der Waals surface area contributed by atoms with Crippen LogP contribution >= 0.6 is 0 Å². The van der Waals surface area contributed by atoms with Gasteiger partial charge in [-0.1, -0.05) is 6.07 Å². The van der Waals surface area contributed by atoms with E-state index in [1.54, 1.807) is 6.20 Å². The van der Waals surface area contributed by atoms with Gasteiger partial charge in [0, 0.05) is 44.4 Å². The number of anilines is 1. The Hall–Kier alpha value is -2.76. The molecule has 3 aromatic heterocycles. The van der Waals surface area contributed by atoms with Crippen LogP contribution < -0.4 is 4.90 Å². The number of pyridine rings is 1. The number of hydrogen-bond acceptors (Lipinski definition) is 5. The maximum Gasteiger partial charge on any atom is 0.225 e. The first kappa shape index (κ1) is 16.7. The molecule has 1 fully saturated rings. The number of aryl methyl sites for hydroxylation is 2. The lowest BCUT2D eigenvalue weighted by molar-refractivity contribution is 0.358. The summed E-state index contributed by atoms with van der Waals surface area (Å²) in [5.41, 5.74) is 1.77. The molecule has 6 nitrogen and oxygen atoms in total. The average Bonchev–Trinajstić information content (AvgIpc) is 3.12. The molecule has 0 aromatic carbocycles. The smallest absolute Gasteiger partial charge is 0.225 e. The van der Waals surface area contributed by atoms with Crippen LogP contribution in [0, 0.1) is 12.8 Å². The molecule has 3 aromatic rings. The van der Waals surface area contributed by atoms with Crippen molar-refractivity contribution in [1.82, 2.24) is 24.5 Å². The average molecular weight is 348 g/mol. The molecule has 134 valence electrons. The first-order valence-corrected chi connectivity index (χ1v) is 9.27. The Morgan fingerprint density at radius 1 is 0.962 bits per heavy atom. The minimum Gasteiger partial charge on any atom is -0.341 e. The number of nitrogens with zero attached hydrogens (tertiary/aromatic N) is 6.